The molecule has 0 fully saturated rings. The number of rotatable bonds is 8. The van der Waals surface area contributed by atoms with Crippen LogP contribution in [-0.4, -0.2) is 41.8 Å². The largest absolute Gasteiger partial charge is 0.451 e. The number of ether oxygens (including phenoxy) is 1. The van der Waals surface area contributed by atoms with Gasteiger partial charge >= 0.3 is 0 Å². The lowest BCUT2D eigenvalue weighted by atomic mass is 10.1. The first-order chi connectivity index (χ1) is 19.4. The number of hydrogen-bond acceptors (Lipinski definition) is 6. The topological polar surface area (TPSA) is 123 Å². The lowest BCUT2D eigenvalue weighted by Gasteiger charge is -2.21. The second-order valence-electron chi connectivity index (χ2n) is 9.29. The minimum absolute atomic E-state index is 0.0201. The molecule has 0 bridgehead atoms. The molecule has 0 saturated carbocycles. The minimum atomic E-state index is -3.72. The Morgan fingerprint density at radius 2 is 1.78 bits per heavy atom. The predicted molar refractivity (Wildman–Crippen MR) is 149 cm³/mol. The van der Waals surface area contributed by atoms with E-state index in [0.717, 1.165) is 28.8 Å². The van der Waals surface area contributed by atoms with E-state index < -0.39 is 39.0 Å². The first-order valence-electron chi connectivity index (χ1n) is 12.3. The summed E-state index contributed by atoms with van der Waals surface area (Å²) in [6.07, 6.45) is 2.27. The number of benzene rings is 3. The number of hydrogen-bond donors (Lipinski definition) is 2. The molecule has 3 N–H and O–H groups in total. The first kappa shape index (κ1) is 27.8. The third kappa shape index (κ3) is 5.11. The van der Waals surface area contributed by atoms with Gasteiger partial charge in [-0.3, -0.25) is 9.10 Å². The number of para-hydroxylation sites is 1. The van der Waals surface area contributed by atoms with E-state index in [-0.39, 0.29) is 35.1 Å². The van der Waals surface area contributed by atoms with Gasteiger partial charge < -0.3 is 15.5 Å². The highest BCUT2D eigenvalue weighted by Gasteiger charge is 2.23. The highest BCUT2D eigenvalue weighted by molar-refractivity contribution is 7.92. The average molecular weight is 584 g/mol. The van der Waals surface area contributed by atoms with Crippen molar-refractivity contribution in [2.45, 2.75) is 13.8 Å². The van der Waals surface area contributed by atoms with Crippen molar-refractivity contribution in [2.75, 3.05) is 22.8 Å². The summed E-state index contributed by atoms with van der Waals surface area (Å²) in [7, 11) is -3.72. The summed E-state index contributed by atoms with van der Waals surface area (Å²) in [6, 6.07) is 11.9. The summed E-state index contributed by atoms with van der Waals surface area (Å²) < 4.78 is 74.6. The second kappa shape index (κ2) is 10.3. The van der Waals surface area contributed by atoms with E-state index in [9.17, 15) is 26.4 Å². The molecule has 0 aliphatic carbocycles. The van der Waals surface area contributed by atoms with Gasteiger partial charge in [-0.15, -0.1) is 0 Å². The van der Waals surface area contributed by atoms with Gasteiger partial charge in [-0.25, -0.2) is 26.3 Å². The van der Waals surface area contributed by atoms with Gasteiger partial charge in [-0.1, -0.05) is 6.07 Å². The Labute approximate surface area is 233 Å². The standard InChI is InChI=1S/C28H24F3N5O4S/c1-4-35(41(3,38)39)25-13-22-16(11-21(25)31)12-23(34-22)26(37)18-14-33-36(28(18)32)24-9-8-17(10-15(24)2)40-27-19(29)6-5-7-20(27)30/h5-14,34H,4,32H2,1-3H3. The number of sulfonamides is 1. The van der Waals surface area contributed by atoms with Crippen LogP contribution >= 0.6 is 0 Å². The van der Waals surface area contributed by atoms with Gasteiger partial charge in [0.15, 0.2) is 17.4 Å². The van der Waals surface area contributed by atoms with Gasteiger partial charge in [0, 0.05) is 17.4 Å². The van der Waals surface area contributed by atoms with Crippen molar-refractivity contribution in [3.8, 4) is 17.2 Å². The second-order valence-corrected chi connectivity index (χ2v) is 11.2. The number of carbonyl (C=O) groups is 1. The molecule has 5 aromatic rings. The molecule has 0 amide bonds. The average Bonchev–Trinajstić information content (AvgIpc) is 3.49. The monoisotopic (exact) mass is 583 g/mol. The van der Waals surface area contributed by atoms with Gasteiger partial charge in [0.25, 0.3) is 0 Å². The van der Waals surface area contributed by atoms with Crippen molar-refractivity contribution in [1.29, 1.82) is 0 Å². The van der Waals surface area contributed by atoms with Crippen LogP contribution in [0.15, 0.2) is 60.8 Å². The normalized spacial score (nSPS) is 11.7. The van der Waals surface area contributed by atoms with Gasteiger partial charge in [-0.2, -0.15) is 5.10 Å². The van der Waals surface area contributed by atoms with Crippen molar-refractivity contribution in [1.82, 2.24) is 14.8 Å². The van der Waals surface area contributed by atoms with Gasteiger partial charge in [-0.05, 0) is 67.9 Å². The molecule has 9 nitrogen and oxygen atoms in total. The van der Waals surface area contributed by atoms with Crippen molar-refractivity contribution in [3.05, 3.63) is 95.1 Å². The van der Waals surface area contributed by atoms with E-state index >= 15 is 0 Å². The molecule has 3 aromatic carbocycles. The molecule has 13 heteroatoms. The van der Waals surface area contributed by atoms with E-state index in [1.54, 1.807) is 26.0 Å². The number of aromatic nitrogens is 3. The van der Waals surface area contributed by atoms with Crippen molar-refractivity contribution >= 4 is 38.2 Å². The van der Waals surface area contributed by atoms with Crippen molar-refractivity contribution in [3.63, 3.8) is 0 Å². The highest BCUT2D eigenvalue weighted by Crippen LogP contribution is 2.32. The number of H-pyrrole nitrogens is 1. The van der Waals surface area contributed by atoms with Crippen LogP contribution in [0, 0.1) is 24.4 Å². The summed E-state index contributed by atoms with van der Waals surface area (Å²) in [5, 5.41) is 4.61. The van der Waals surface area contributed by atoms with E-state index in [1.165, 1.54) is 35.1 Å². The number of ketones is 1. The number of nitrogens with zero attached hydrogens (tertiary/aromatic N) is 3. The van der Waals surface area contributed by atoms with Gasteiger partial charge in [0.05, 0.1) is 35.1 Å². The van der Waals surface area contributed by atoms with Crippen LogP contribution in [0.3, 0.4) is 0 Å². The Hall–Kier alpha value is -4.78. The van der Waals surface area contributed by atoms with Gasteiger partial charge in [0.2, 0.25) is 15.8 Å². The van der Waals surface area contributed by atoms with E-state index in [4.69, 9.17) is 10.5 Å². The fourth-order valence-electron chi connectivity index (χ4n) is 4.54. The summed E-state index contributed by atoms with van der Waals surface area (Å²) in [5.41, 5.74) is 7.75. The Kier molecular flexibility index (Phi) is 6.99. The SMILES string of the molecule is CCN(c1cc2[nH]c(C(=O)c3cnn(-c4ccc(Oc5c(F)cccc5F)cc4C)c3N)cc2cc1F)S(C)(=O)=O. The van der Waals surface area contributed by atoms with Crippen LogP contribution in [0.1, 0.15) is 28.5 Å². The van der Waals surface area contributed by atoms with E-state index in [1.807, 2.05) is 0 Å². The number of anilines is 2. The third-order valence-corrected chi connectivity index (χ3v) is 7.73. The number of halogens is 3. The zero-order chi connectivity index (χ0) is 29.6. The number of aryl methyl sites for hydroxylation is 1. The Balaban J connectivity index is 1.45. The third-order valence-electron chi connectivity index (χ3n) is 6.48. The van der Waals surface area contributed by atoms with Crippen LogP contribution in [0.4, 0.5) is 24.7 Å². The molecule has 0 saturated heterocycles. The summed E-state index contributed by atoms with van der Waals surface area (Å²) in [4.78, 5) is 16.3. The van der Waals surface area contributed by atoms with Gasteiger partial charge in [0.1, 0.15) is 17.4 Å². The fraction of sp³-hybridized carbons (Fsp3) is 0.143. The molecule has 2 heterocycles. The number of carbonyl (C=O) groups excluding carboxylic acids is 1. The maximum atomic E-state index is 14.8. The lowest BCUT2D eigenvalue weighted by Crippen LogP contribution is -2.30. The zero-order valence-corrected chi connectivity index (χ0v) is 22.9. The molecule has 212 valence electrons. The number of fused-ring (bicyclic) bond motifs is 1. The van der Waals surface area contributed by atoms with Crippen LogP contribution in [0.2, 0.25) is 0 Å². The van der Waals surface area contributed by atoms with Crippen molar-refractivity contribution < 1.29 is 31.1 Å². The lowest BCUT2D eigenvalue weighted by molar-refractivity contribution is 0.103. The van der Waals surface area contributed by atoms with E-state index in [0.29, 0.717) is 22.2 Å². The number of aromatic amines is 1. The van der Waals surface area contributed by atoms with Crippen LogP contribution in [0.5, 0.6) is 11.5 Å². The minimum Gasteiger partial charge on any atom is -0.451 e. The van der Waals surface area contributed by atoms with Crippen molar-refractivity contribution in [2.24, 2.45) is 0 Å². The number of nitrogens with two attached hydrogens (primary N) is 1. The molecule has 0 aliphatic rings. The number of nitrogens with one attached hydrogen (secondary N) is 1. The summed E-state index contributed by atoms with van der Waals surface area (Å²) >= 11 is 0. The molecule has 0 unspecified atom stereocenters. The predicted octanol–water partition coefficient (Wildman–Crippen LogP) is 5.47. The fourth-order valence-corrected chi connectivity index (χ4v) is 5.50. The Morgan fingerprint density at radius 3 is 2.41 bits per heavy atom. The quantitative estimate of drug-likeness (QED) is 0.234. The molecule has 5 rings (SSSR count). The first-order valence-corrected chi connectivity index (χ1v) is 14.1. The molecular formula is C28H24F3N5O4S. The van der Waals surface area contributed by atoms with E-state index in [2.05, 4.69) is 10.1 Å². The number of nitrogen functional groups attached to an aromatic ring is 1. The summed E-state index contributed by atoms with van der Waals surface area (Å²) in [6.45, 7) is 3.32. The zero-order valence-electron chi connectivity index (χ0n) is 22.1. The molecule has 41 heavy (non-hydrogen) atoms. The molecule has 0 aliphatic heterocycles. The van der Waals surface area contributed by atoms with Crippen LogP contribution in [0.25, 0.3) is 16.6 Å². The molecule has 0 radical (unpaired) electrons. The highest BCUT2D eigenvalue weighted by atomic mass is 32.2. The Morgan fingerprint density at radius 1 is 1.07 bits per heavy atom. The molecule has 0 spiro atoms. The maximum absolute atomic E-state index is 14.8. The molecular weight excluding hydrogens is 559 g/mol. The molecule has 2 aromatic heterocycles. The Bertz CT molecular complexity index is 1910. The molecule has 0 atom stereocenters. The summed E-state index contributed by atoms with van der Waals surface area (Å²) in [5.74, 6) is -3.30. The van der Waals surface area contributed by atoms with Crippen LogP contribution < -0.4 is 14.8 Å². The smallest absolute Gasteiger partial charge is 0.232 e. The maximum Gasteiger partial charge on any atom is 0.232 e. The van der Waals surface area contributed by atoms with Crippen LogP contribution in [-0.2, 0) is 10.0 Å².